The Balaban J connectivity index is 1.96. The van der Waals surface area contributed by atoms with Gasteiger partial charge in [0.2, 0.25) is 5.91 Å². The fourth-order valence-electron chi connectivity index (χ4n) is 2.88. The van der Waals surface area contributed by atoms with Crippen LogP contribution in [0.1, 0.15) is 22.7 Å². The van der Waals surface area contributed by atoms with E-state index in [4.69, 9.17) is 17.3 Å². The quantitative estimate of drug-likeness (QED) is 0.734. The normalized spacial score (nSPS) is 12.2. The minimum atomic E-state index is -0.674. The predicted molar refractivity (Wildman–Crippen MR) is 95.3 cm³/mol. The van der Waals surface area contributed by atoms with Gasteiger partial charge in [-0.15, -0.1) is 0 Å². The molecule has 0 aliphatic heterocycles. The number of hydrogen-bond donors (Lipinski definition) is 1. The molecule has 1 aromatic heterocycles. The summed E-state index contributed by atoms with van der Waals surface area (Å²) < 4.78 is 28.0. The van der Waals surface area contributed by atoms with Crippen LogP contribution in [0, 0.1) is 18.6 Å². The minimum absolute atomic E-state index is 0.227. The molecule has 0 saturated carbocycles. The summed E-state index contributed by atoms with van der Waals surface area (Å²) in [5.74, 6) is -2.01. The van der Waals surface area contributed by atoms with Crippen LogP contribution in [0.3, 0.4) is 0 Å². The van der Waals surface area contributed by atoms with Crippen LogP contribution in [0.4, 0.5) is 8.78 Å². The first-order valence-electron chi connectivity index (χ1n) is 7.90. The average molecular weight is 376 g/mol. The molecule has 2 N–H and O–H groups in total. The molecule has 2 aromatic carbocycles. The van der Waals surface area contributed by atoms with E-state index in [9.17, 15) is 13.6 Å². The van der Waals surface area contributed by atoms with Crippen molar-refractivity contribution in [2.24, 2.45) is 5.73 Å². The standard InChI is InChI=1S/C19H16ClF2N3O/c1-11-17(10-24-25(11)15-6-4-13(21)5-7-15)16(19(23)26)8-12-2-3-14(22)9-18(12)20/h2-7,9-10,16H,8H2,1H3,(H2,23,26). The lowest BCUT2D eigenvalue weighted by atomic mass is 9.91. The number of rotatable bonds is 5. The molecule has 1 unspecified atom stereocenters. The van der Waals surface area contributed by atoms with Gasteiger partial charge in [-0.05, 0) is 55.3 Å². The number of primary amides is 1. The molecule has 1 heterocycles. The Morgan fingerprint density at radius 1 is 1.19 bits per heavy atom. The van der Waals surface area contributed by atoms with E-state index < -0.39 is 17.6 Å². The van der Waals surface area contributed by atoms with Gasteiger partial charge in [-0.1, -0.05) is 17.7 Å². The van der Waals surface area contributed by atoms with E-state index in [2.05, 4.69) is 5.10 Å². The maximum atomic E-state index is 13.2. The highest BCUT2D eigenvalue weighted by atomic mass is 35.5. The summed E-state index contributed by atoms with van der Waals surface area (Å²) in [6, 6.07) is 9.87. The van der Waals surface area contributed by atoms with Gasteiger partial charge >= 0.3 is 0 Å². The fraction of sp³-hybridized carbons (Fsp3) is 0.158. The summed E-state index contributed by atoms with van der Waals surface area (Å²) in [6.07, 6.45) is 1.79. The molecule has 3 rings (SSSR count). The SMILES string of the molecule is Cc1c(C(Cc2ccc(F)cc2Cl)C(N)=O)cnn1-c1ccc(F)cc1. The fourth-order valence-corrected chi connectivity index (χ4v) is 3.12. The highest BCUT2D eigenvalue weighted by Gasteiger charge is 2.24. The number of benzene rings is 2. The van der Waals surface area contributed by atoms with Crippen molar-refractivity contribution >= 4 is 17.5 Å². The molecule has 0 aliphatic carbocycles. The van der Waals surface area contributed by atoms with Gasteiger partial charge in [0.05, 0.1) is 17.8 Å². The maximum Gasteiger partial charge on any atom is 0.225 e. The van der Waals surface area contributed by atoms with Gasteiger partial charge in [-0.2, -0.15) is 5.10 Å². The summed E-state index contributed by atoms with van der Waals surface area (Å²) in [6.45, 7) is 1.80. The number of nitrogens with two attached hydrogens (primary N) is 1. The Morgan fingerprint density at radius 3 is 2.46 bits per heavy atom. The van der Waals surface area contributed by atoms with Crippen LogP contribution in [-0.4, -0.2) is 15.7 Å². The number of aromatic nitrogens is 2. The third-order valence-electron chi connectivity index (χ3n) is 4.28. The molecule has 4 nitrogen and oxygen atoms in total. The number of hydrogen-bond acceptors (Lipinski definition) is 2. The molecule has 1 atom stereocenters. The lowest BCUT2D eigenvalue weighted by molar-refractivity contribution is -0.119. The maximum absolute atomic E-state index is 13.2. The molecular weight excluding hydrogens is 360 g/mol. The van der Waals surface area contributed by atoms with Gasteiger partial charge in [0.1, 0.15) is 11.6 Å². The van der Waals surface area contributed by atoms with Gasteiger partial charge in [0.25, 0.3) is 0 Å². The number of amides is 1. The minimum Gasteiger partial charge on any atom is -0.369 e. The molecule has 1 amide bonds. The first-order valence-corrected chi connectivity index (χ1v) is 8.28. The molecule has 0 saturated heterocycles. The van der Waals surface area contributed by atoms with E-state index in [1.807, 2.05) is 0 Å². The summed E-state index contributed by atoms with van der Waals surface area (Å²) in [7, 11) is 0. The topological polar surface area (TPSA) is 60.9 Å². The van der Waals surface area contributed by atoms with Gasteiger partial charge in [0.15, 0.2) is 0 Å². The first-order chi connectivity index (χ1) is 12.4. The van der Waals surface area contributed by atoms with Crippen molar-refractivity contribution in [1.29, 1.82) is 0 Å². The first kappa shape index (κ1) is 18.1. The zero-order chi connectivity index (χ0) is 18.8. The van der Waals surface area contributed by atoms with E-state index in [0.29, 0.717) is 22.5 Å². The Labute approximate surface area is 154 Å². The van der Waals surface area contributed by atoms with Crippen molar-refractivity contribution in [2.45, 2.75) is 19.3 Å². The second kappa shape index (κ2) is 7.25. The molecule has 3 aromatic rings. The number of nitrogens with zero attached hydrogens (tertiary/aromatic N) is 2. The van der Waals surface area contributed by atoms with Crippen molar-refractivity contribution in [1.82, 2.24) is 9.78 Å². The Bertz CT molecular complexity index is 954. The molecule has 7 heteroatoms. The van der Waals surface area contributed by atoms with Crippen molar-refractivity contribution in [3.8, 4) is 5.69 Å². The van der Waals surface area contributed by atoms with E-state index in [0.717, 1.165) is 0 Å². The lowest BCUT2D eigenvalue weighted by Crippen LogP contribution is -2.24. The van der Waals surface area contributed by atoms with Crippen LogP contribution in [0.15, 0.2) is 48.7 Å². The van der Waals surface area contributed by atoms with Crippen LogP contribution in [0.2, 0.25) is 5.02 Å². The third kappa shape index (κ3) is 3.60. The van der Waals surface area contributed by atoms with Crippen LogP contribution in [0.5, 0.6) is 0 Å². The molecule has 0 bridgehead atoms. The number of carbonyl (C=O) groups is 1. The van der Waals surface area contributed by atoms with Crippen molar-refractivity contribution in [2.75, 3.05) is 0 Å². The zero-order valence-electron chi connectivity index (χ0n) is 13.9. The monoisotopic (exact) mass is 375 g/mol. The molecule has 0 radical (unpaired) electrons. The zero-order valence-corrected chi connectivity index (χ0v) is 14.7. The van der Waals surface area contributed by atoms with E-state index in [1.54, 1.807) is 29.9 Å². The van der Waals surface area contributed by atoms with Crippen molar-refractivity contribution < 1.29 is 13.6 Å². The molecule has 0 spiro atoms. The highest BCUT2D eigenvalue weighted by Crippen LogP contribution is 2.28. The van der Waals surface area contributed by atoms with Gasteiger partial charge in [0, 0.05) is 16.3 Å². The second-order valence-corrected chi connectivity index (χ2v) is 6.38. The summed E-state index contributed by atoms with van der Waals surface area (Å²) in [5, 5.41) is 4.53. The smallest absolute Gasteiger partial charge is 0.225 e. The second-order valence-electron chi connectivity index (χ2n) is 5.97. The van der Waals surface area contributed by atoms with Crippen LogP contribution < -0.4 is 5.73 Å². The van der Waals surface area contributed by atoms with Crippen LogP contribution in [0.25, 0.3) is 5.69 Å². The number of halogens is 3. The van der Waals surface area contributed by atoms with Crippen molar-refractivity contribution in [3.05, 3.63) is 82.1 Å². The Hall–Kier alpha value is -2.73. The molecular formula is C19H16ClF2N3O. The van der Waals surface area contributed by atoms with Gasteiger partial charge < -0.3 is 5.73 Å². The molecule has 0 fully saturated rings. The lowest BCUT2D eigenvalue weighted by Gasteiger charge is -2.15. The van der Waals surface area contributed by atoms with E-state index >= 15 is 0 Å². The third-order valence-corrected chi connectivity index (χ3v) is 4.63. The van der Waals surface area contributed by atoms with Crippen LogP contribution >= 0.6 is 11.6 Å². The largest absolute Gasteiger partial charge is 0.369 e. The van der Waals surface area contributed by atoms with E-state index in [1.165, 1.54) is 30.3 Å². The molecule has 134 valence electrons. The Kier molecular flexibility index (Phi) is 5.04. The highest BCUT2D eigenvalue weighted by molar-refractivity contribution is 6.31. The van der Waals surface area contributed by atoms with Crippen LogP contribution in [-0.2, 0) is 11.2 Å². The summed E-state index contributed by atoms with van der Waals surface area (Å²) >= 11 is 6.07. The molecule has 0 aliphatic rings. The Morgan fingerprint density at radius 2 is 1.85 bits per heavy atom. The molecule has 26 heavy (non-hydrogen) atoms. The summed E-state index contributed by atoms with van der Waals surface area (Å²) in [5.41, 5.74) is 8.22. The number of carbonyl (C=O) groups excluding carboxylic acids is 1. The van der Waals surface area contributed by atoms with Crippen molar-refractivity contribution in [3.63, 3.8) is 0 Å². The van der Waals surface area contributed by atoms with Gasteiger partial charge in [-0.25, -0.2) is 13.5 Å². The predicted octanol–water partition coefficient (Wildman–Crippen LogP) is 3.92. The average Bonchev–Trinajstić information content (AvgIpc) is 2.96. The van der Waals surface area contributed by atoms with E-state index in [-0.39, 0.29) is 17.3 Å². The summed E-state index contributed by atoms with van der Waals surface area (Å²) in [4.78, 5) is 12.0. The van der Waals surface area contributed by atoms with Gasteiger partial charge in [-0.3, -0.25) is 4.79 Å².